The van der Waals surface area contributed by atoms with E-state index in [1.54, 1.807) is 0 Å². The van der Waals surface area contributed by atoms with Gasteiger partial charge >= 0.3 is 0 Å². The maximum absolute atomic E-state index is 13.0. The van der Waals surface area contributed by atoms with E-state index < -0.39 is 0 Å². The topological polar surface area (TPSA) is 32.3 Å². The number of rotatable bonds is 7. The molecule has 5 heteroatoms. The van der Waals surface area contributed by atoms with Crippen molar-refractivity contribution in [2.75, 3.05) is 25.4 Å². The predicted molar refractivity (Wildman–Crippen MR) is 107 cm³/mol. The summed E-state index contributed by atoms with van der Waals surface area (Å²) in [5.74, 6) is 1.13. The van der Waals surface area contributed by atoms with Crippen LogP contribution in [0.5, 0.6) is 0 Å². The Labute approximate surface area is 161 Å². The molecule has 26 heavy (non-hydrogen) atoms. The van der Waals surface area contributed by atoms with Crippen molar-refractivity contribution in [3.05, 3.63) is 35.6 Å². The summed E-state index contributed by atoms with van der Waals surface area (Å²) >= 11 is 2.03. The predicted octanol–water partition coefficient (Wildman–Crippen LogP) is 4.22. The van der Waals surface area contributed by atoms with Gasteiger partial charge < -0.3 is 5.32 Å². The summed E-state index contributed by atoms with van der Waals surface area (Å²) in [4.78, 5) is 14.8. The largest absolute Gasteiger partial charge is 0.355 e. The van der Waals surface area contributed by atoms with Crippen molar-refractivity contribution < 1.29 is 9.18 Å². The van der Waals surface area contributed by atoms with Crippen LogP contribution in [0.15, 0.2) is 24.3 Å². The van der Waals surface area contributed by atoms with Crippen LogP contribution in [0.2, 0.25) is 0 Å². The molecule has 1 N–H and O–H groups in total. The van der Waals surface area contributed by atoms with E-state index in [2.05, 4.69) is 10.2 Å². The van der Waals surface area contributed by atoms with Gasteiger partial charge in [0.05, 0.1) is 5.92 Å². The normalized spacial score (nSPS) is 22.3. The third kappa shape index (κ3) is 6.27. The van der Waals surface area contributed by atoms with Crippen molar-refractivity contribution in [3.63, 3.8) is 0 Å². The van der Waals surface area contributed by atoms with Gasteiger partial charge in [-0.05, 0) is 49.9 Å². The lowest BCUT2D eigenvalue weighted by atomic mass is 9.96. The van der Waals surface area contributed by atoms with Gasteiger partial charge in [0.2, 0.25) is 5.91 Å². The van der Waals surface area contributed by atoms with Gasteiger partial charge in [0, 0.05) is 30.6 Å². The molecule has 1 heterocycles. The van der Waals surface area contributed by atoms with Crippen molar-refractivity contribution in [2.45, 2.75) is 56.7 Å². The minimum atomic E-state index is -0.198. The standard InChI is InChI=1S/C21H31FN2OS/c22-19-10-8-17(9-11-19)15-24-13-4-5-18(16-24)21(25)23-12-14-26-20-6-2-1-3-7-20/h8-11,18,20H,1-7,12-16H2,(H,23,25)/t18-/m0/s1. The summed E-state index contributed by atoms with van der Waals surface area (Å²) in [6.45, 7) is 3.40. The molecule has 3 rings (SSSR count). The number of benzene rings is 1. The Morgan fingerprint density at radius 3 is 2.65 bits per heavy atom. The highest BCUT2D eigenvalue weighted by Gasteiger charge is 2.25. The lowest BCUT2D eigenvalue weighted by Gasteiger charge is -2.32. The fraction of sp³-hybridized carbons (Fsp3) is 0.667. The average Bonchev–Trinajstić information content (AvgIpc) is 2.68. The zero-order valence-corrected chi connectivity index (χ0v) is 16.4. The summed E-state index contributed by atoms with van der Waals surface area (Å²) in [7, 11) is 0. The van der Waals surface area contributed by atoms with Gasteiger partial charge in [-0.3, -0.25) is 9.69 Å². The number of hydrogen-bond donors (Lipinski definition) is 1. The summed E-state index contributed by atoms with van der Waals surface area (Å²) in [5, 5.41) is 3.95. The van der Waals surface area contributed by atoms with Crippen molar-refractivity contribution in [1.29, 1.82) is 0 Å². The van der Waals surface area contributed by atoms with Gasteiger partial charge in [0.25, 0.3) is 0 Å². The number of thioether (sulfide) groups is 1. The lowest BCUT2D eigenvalue weighted by molar-refractivity contribution is -0.126. The molecule has 1 aromatic carbocycles. The van der Waals surface area contributed by atoms with Crippen molar-refractivity contribution in [1.82, 2.24) is 10.2 Å². The van der Waals surface area contributed by atoms with Gasteiger partial charge in [-0.1, -0.05) is 31.4 Å². The highest BCUT2D eigenvalue weighted by atomic mass is 32.2. The highest BCUT2D eigenvalue weighted by Crippen LogP contribution is 2.27. The average molecular weight is 379 g/mol. The number of piperidine rings is 1. The molecule has 1 aromatic rings. The van der Waals surface area contributed by atoms with Gasteiger partial charge in [-0.2, -0.15) is 11.8 Å². The monoisotopic (exact) mass is 378 g/mol. The first-order valence-electron chi connectivity index (χ1n) is 10.1. The Morgan fingerprint density at radius 1 is 1.12 bits per heavy atom. The SMILES string of the molecule is O=C(NCCSC1CCCCC1)[C@H]1CCCN(Cc2ccc(F)cc2)C1. The van der Waals surface area contributed by atoms with Crippen LogP contribution in [-0.4, -0.2) is 41.4 Å². The smallest absolute Gasteiger partial charge is 0.224 e. The Kier molecular flexibility index (Phi) is 7.81. The van der Waals surface area contributed by atoms with E-state index in [4.69, 9.17) is 0 Å². The van der Waals surface area contributed by atoms with Crippen LogP contribution in [0.3, 0.4) is 0 Å². The quantitative estimate of drug-likeness (QED) is 0.721. The molecule has 0 unspecified atom stereocenters. The number of hydrogen-bond acceptors (Lipinski definition) is 3. The number of nitrogens with one attached hydrogen (secondary N) is 1. The van der Waals surface area contributed by atoms with Crippen LogP contribution in [0, 0.1) is 11.7 Å². The van der Waals surface area contributed by atoms with E-state index in [9.17, 15) is 9.18 Å². The van der Waals surface area contributed by atoms with Crippen molar-refractivity contribution >= 4 is 17.7 Å². The third-order valence-corrected chi connectivity index (χ3v) is 6.89. The highest BCUT2D eigenvalue weighted by molar-refractivity contribution is 7.99. The molecule has 3 nitrogen and oxygen atoms in total. The second kappa shape index (κ2) is 10.3. The van der Waals surface area contributed by atoms with Gasteiger partial charge in [-0.15, -0.1) is 0 Å². The Balaban J connectivity index is 1.36. The molecule has 1 aliphatic carbocycles. The van der Waals surface area contributed by atoms with E-state index in [1.807, 2.05) is 23.9 Å². The molecule has 0 spiro atoms. The van der Waals surface area contributed by atoms with Gasteiger partial charge in [0.15, 0.2) is 0 Å². The first kappa shape index (κ1) is 19.7. The van der Waals surface area contributed by atoms with Crippen LogP contribution in [0.1, 0.15) is 50.5 Å². The molecular weight excluding hydrogens is 347 g/mol. The zero-order valence-electron chi connectivity index (χ0n) is 15.6. The maximum Gasteiger partial charge on any atom is 0.224 e. The molecule has 0 aromatic heterocycles. The molecule has 1 amide bonds. The van der Waals surface area contributed by atoms with E-state index in [0.29, 0.717) is 0 Å². The second-order valence-corrected chi connectivity index (χ2v) is 9.03. The first-order valence-corrected chi connectivity index (χ1v) is 11.1. The van der Waals surface area contributed by atoms with E-state index in [-0.39, 0.29) is 17.6 Å². The molecule has 1 saturated heterocycles. The second-order valence-electron chi connectivity index (χ2n) is 7.62. The summed E-state index contributed by atoms with van der Waals surface area (Å²) in [5.41, 5.74) is 1.11. The van der Waals surface area contributed by atoms with Crippen LogP contribution < -0.4 is 5.32 Å². The summed E-state index contributed by atoms with van der Waals surface area (Å²) in [6.07, 6.45) is 8.85. The summed E-state index contributed by atoms with van der Waals surface area (Å²) in [6, 6.07) is 6.68. The molecule has 1 saturated carbocycles. The van der Waals surface area contributed by atoms with Gasteiger partial charge in [0.1, 0.15) is 5.82 Å². The number of amides is 1. The van der Waals surface area contributed by atoms with Crippen LogP contribution in [-0.2, 0) is 11.3 Å². The molecule has 0 bridgehead atoms. The van der Waals surface area contributed by atoms with E-state index >= 15 is 0 Å². The van der Waals surface area contributed by atoms with Gasteiger partial charge in [-0.25, -0.2) is 4.39 Å². The Morgan fingerprint density at radius 2 is 1.88 bits per heavy atom. The first-order chi connectivity index (χ1) is 12.7. The lowest BCUT2D eigenvalue weighted by Crippen LogP contribution is -2.43. The number of nitrogens with zero attached hydrogens (tertiary/aromatic N) is 1. The van der Waals surface area contributed by atoms with Crippen molar-refractivity contribution in [3.8, 4) is 0 Å². The Hall–Kier alpha value is -1.07. The van der Waals surface area contributed by atoms with Crippen molar-refractivity contribution in [2.24, 2.45) is 5.92 Å². The molecule has 1 atom stereocenters. The number of carbonyl (C=O) groups is 1. The van der Waals surface area contributed by atoms with Crippen LogP contribution >= 0.6 is 11.8 Å². The number of halogens is 1. The zero-order chi connectivity index (χ0) is 18.2. The number of likely N-dealkylation sites (tertiary alicyclic amines) is 1. The molecular formula is C21H31FN2OS. The van der Waals surface area contributed by atoms with E-state index in [0.717, 1.165) is 55.6 Å². The maximum atomic E-state index is 13.0. The summed E-state index contributed by atoms with van der Waals surface area (Å²) < 4.78 is 13.0. The number of carbonyl (C=O) groups excluding carboxylic acids is 1. The van der Waals surface area contributed by atoms with Crippen LogP contribution in [0.25, 0.3) is 0 Å². The molecule has 1 aliphatic heterocycles. The molecule has 2 aliphatic rings. The van der Waals surface area contributed by atoms with Crippen LogP contribution in [0.4, 0.5) is 4.39 Å². The van der Waals surface area contributed by atoms with E-state index in [1.165, 1.54) is 44.2 Å². The fourth-order valence-electron chi connectivity index (χ4n) is 4.04. The molecule has 0 radical (unpaired) electrons. The molecule has 2 fully saturated rings. The minimum Gasteiger partial charge on any atom is -0.355 e. The minimum absolute atomic E-state index is 0.0869. The molecule has 144 valence electrons. The fourth-order valence-corrected chi connectivity index (χ4v) is 5.26. The third-order valence-electron chi connectivity index (χ3n) is 5.50. The Bertz CT molecular complexity index is 560.